The van der Waals surface area contributed by atoms with E-state index in [2.05, 4.69) is 24.9 Å². The molecule has 14 nitrogen and oxygen atoms in total. The zero-order valence-corrected chi connectivity index (χ0v) is 32.4. The van der Waals surface area contributed by atoms with Gasteiger partial charge in [0.2, 0.25) is 11.8 Å². The number of nitrogens with one attached hydrogen (secondary N) is 1. The fourth-order valence-electron chi connectivity index (χ4n) is 7.81. The summed E-state index contributed by atoms with van der Waals surface area (Å²) >= 11 is 1.19. The van der Waals surface area contributed by atoms with Crippen molar-refractivity contribution in [2.75, 3.05) is 31.1 Å². The normalized spacial score (nSPS) is 22.4. The van der Waals surface area contributed by atoms with Crippen LogP contribution in [0.25, 0.3) is 10.1 Å². The van der Waals surface area contributed by atoms with E-state index < -0.39 is 44.5 Å². The number of nitrogens with zero attached hydrogens (tertiary/aromatic N) is 6. The Morgan fingerprint density at radius 1 is 1.05 bits per heavy atom. The predicted octanol–water partition coefficient (Wildman–Crippen LogP) is 5.00. The van der Waals surface area contributed by atoms with Crippen LogP contribution in [0.3, 0.4) is 0 Å². The number of fused-ring (bicyclic) bond motifs is 2. The molecular formula is C39H41FN7O7PS. The molecule has 4 saturated heterocycles. The van der Waals surface area contributed by atoms with Gasteiger partial charge >= 0.3 is 14.1 Å². The highest BCUT2D eigenvalue weighted by Crippen LogP contribution is 2.38. The van der Waals surface area contributed by atoms with E-state index in [9.17, 15) is 24.1 Å². The lowest BCUT2D eigenvalue weighted by atomic mass is 9.91. The number of amides is 3. The minimum absolute atomic E-state index is 0.0460. The summed E-state index contributed by atoms with van der Waals surface area (Å²) in [6.07, 6.45) is 5.69. The Bertz CT molecular complexity index is 2170. The summed E-state index contributed by atoms with van der Waals surface area (Å²) in [4.78, 5) is 81.2. The third kappa shape index (κ3) is 7.82. The zero-order valence-electron chi connectivity index (χ0n) is 30.7. The lowest BCUT2D eigenvalue weighted by Gasteiger charge is -2.44. The lowest BCUT2D eigenvalue weighted by molar-refractivity contribution is -0.171. The Balaban J connectivity index is 0.878. The maximum atomic E-state index is 15.2. The van der Waals surface area contributed by atoms with Crippen LogP contribution in [0.5, 0.6) is 5.75 Å². The second-order valence-corrected chi connectivity index (χ2v) is 16.6. The molecule has 1 N–H and O–H groups in total. The second kappa shape index (κ2) is 16.2. The average Bonchev–Trinajstić information content (AvgIpc) is 3.74. The van der Waals surface area contributed by atoms with Crippen LogP contribution in [-0.2, 0) is 19.1 Å². The zero-order chi connectivity index (χ0) is 38.9. The summed E-state index contributed by atoms with van der Waals surface area (Å²) in [6.45, 7) is 4.38. The maximum Gasteiger partial charge on any atom is 0.395 e. The third-order valence-corrected chi connectivity index (χ3v) is 13.0. The van der Waals surface area contributed by atoms with E-state index in [1.54, 1.807) is 53.7 Å². The number of carbonyl (C=O) groups excluding carboxylic acids is 4. The molecule has 1 unspecified atom stereocenters. The maximum absolute atomic E-state index is 15.2. The number of aromatic nitrogens is 2. The summed E-state index contributed by atoms with van der Waals surface area (Å²) in [6, 6.07) is 11.8. The number of hydrogen-bond donors (Lipinski definition) is 1. The van der Waals surface area contributed by atoms with Crippen LogP contribution in [0.1, 0.15) is 78.5 Å². The van der Waals surface area contributed by atoms with Crippen LogP contribution in [0, 0.1) is 0 Å². The van der Waals surface area contributed by atoms with Gasteiger partial charge in [-0.1, -0.05) is 29.0 Å². The minimum Gasteiger partial charge on any atom is -0.575 e. The molecule has 4 aliphatic rings. The molecule has 0 radical (unpaired) electrons. The number of halogens is 1. The number of benzene rings is 2. The highest BCUT2D eigenvalue weighted by atomic mass is 32.1. The Kier molecular flexibility index (Phi) is 11.0. The van der Waals surface area contributed by atoms with Crippen molar-refractivity contribution in [2.45, 2.75) is 81.9 Å². The van der Waals surface area contributed by atoms with Gasteiger partial charge in [0.1, 0.15) is 24.2 Å². The number of likely N-dealkylation sites (tertiary alicyclic amines) is 1. The number of anilines is 1. The van der Waals surface area contributed by atoms with E-state index in [1.165, 1.54) is 30.4 Å². The second-order valence-electron chi connectivity index (χ2n) is 14.6. The number of esters is 1. The van der Waals surface area contributed by atoms with Crippen molar-refractivity contribution in [1.29, 1.82) is 0 Å². The molecule has 4 fully saturated rings. The molecule has 0 spiro atoms. The first-order valence-corrected chi connectivity index (χ1v) is 20.8. The number of rotatable bonds is 11. The van der Waals surface area contributed by atoms with Crippen molar-refractivity contribution in [2.24, 2.45) is 4.74 Å². The molecule has 3 amide bonds. The van der Waals surface area contributed by atoms with Crippen molar-refractivity contribution >= 4 is 59.1 Å². The SMILES string of the molecule is C[C@H](N=[P+]([O-])Oc1ccccc1)C(=O)O[C@H](F)c1ccc2sc(C(=O)N[C@H]3CCC[C@H]4CC[C@@H](C(=O)N5CC(c6cncnc6N6CCC6)C5)N4C3=O)cc2c1. The molecule has 4 aromatic rings. The van der Waals surface area contributed by atoms with E-state index >= 15 is 4.39 Å². The summed E-state index contributed by atoms with van der Waals surface area (Å²) in [7, 11) is -2.60. The lowest BCUT2D eigenvalue weighted by Crippen LogP contribution is -2.58. The molecule has 4 aliphatic heterocycles. The molecule has 6 heterocycles. The van der Waals surface area contributed by atoms with Crippen molar-refractivity contribution in [1.82, 2.24) is 25.1 Å². The fraction of sp³-hybridized carbons (Fsp3) is 0.436. The number of thiophene rings is 1. The van der Waals surface area contributed by atoms with Crippen LogP contribution in [0.4, 0.5) is 10.2 Å². The van der Waals surface area contributed by atoms with Crippen molar-refractivity contribution in [3.8, 4) is 5.75 Å². The van der Waals surface area contributed by atoms with E-state index in [-0.39, 0.29) is 29.3 Å². The van der Waals surface area contributed by atoms with Crippen LogP contribution in [0.15, 0.2) is 71.9 Å². The predicted molar refractivity (Wildman–Crippen MR) is 205 cm³/mol. The van der Waals surface area contributed by atoms with E-state index in [0.29, 0.717) is 46.6 Å². The first-order valence-electron chi connectivity index (χ1n) is 18.9. The van der Waals surface area contributed by atoms with Gasteiger partial charge in [0.15, 0.2) is 11.8 Å². The van der Waals surface area contributed by atoms with E-state index in [1.807, 2.05) is 11.1 Å². The molecule has 56 heavy (non-hydrogen) atoms. The number of carbonyl (C=O) groups is 4. The van der Waals surface area contributed by atoms with Gasteiger partial charge in [-0.3, -0.25) is 18.9 Å². The van der Waals surface area contributed by atoms with Gasteiger partial charge in [-0.2, -0.15) is 4.39 Å². The molecule has 292 valence electrons. The molecule has 2 aromatic heterocycles. The molecular weight excluding hydrogens is 761 g/mol. The average molecular weight is 802 g/mol. The Hall–Kier alpha value is -5.05. The number of ether oxygens (including phenoxy) is 1. The highest BCUT2D eigenvalue weighted by molar-refractivity contribution is 7.34. The molecule has 8 rings (SSSR count). The van der Waals surface area contributed by atoms with Crippen molar-refractivity contribution < 1.29 is 37.7 Å². The fourth-order valence-corrected chi connectivity index (χ4v) is 9.49. The molecule has 2 aromatic carbocycles. The van der Waals surface area contributed by atoms with Crippen LogP contribution in [-0.4, -0.2) is 93.8 Å². The van der Waals surface area contributed by atoms with Gasteiger partial charge in [0, 0.05) is 60.2 Å². The Labute approximate surface area is 327 Å². The number of hydrogen-bond acceptors (Lipinski definition) is 12. The number of para-hydroxylation sites is 1. The van der Waals surface area contributed by atoms with E-state index in [0.717, 1.165) is 50.2 Å². The molecule has 6 atom stereocenters. The Morgan fingerprint density at radius 3 is 2.62 bits per heavy atom. The van der Waals surface area contributed by atoms with Gasteiger partial charge in [-0.05, 0) is 81.2 Å². The van der Waals surface area contributed by atoms with Crippen LogP contribution in [0.2, 0.25) is 0 Å². The van der Waals surface area contributed by atoms with Gasteiger partial charge in [-0.25, -0.2) is 14.8 Å². The Morgan fingerprint density at radius 2 is 1.86 bits per heavy atom. The van der Waals surface area contributed by atoms with Gasteiger partial charge in [0.05, 0.1) is 4.88 Å². The molecule has 0 aliphatic carbocycles. The quantitative estimate of drug-likeness (QED) is 0.161. The summed E-state index contributed by atoms with van der Waals surface area (Å²) in [5.41, 5.74) is 1.10. The van der Waals surface area contributed by atoms with E-state index in [4.69, 9.17) is 9.26 Å². The van der Waals surface area contributed by atoms with Crippen molar-refractivity contribution in [3.05, 3.63) is 83.1 Å². The minimum atomic E-state index is -2.60. The third-order valence-electron chi connectivity index (χ3n) is 11.0. The van der Waals surface area contributed by atoms with Gasteiger partial charge < -0.3 is 29.6 Å². The van der Waals surface area contributed by atoms with Crippen LogP contribution >= 0.6 is 19.5 Å². The molecule has 17 heteroatoms. The topological polar surface area (TPSA) is 170 Å². The smallest absolute Gasteiger partial charge is 0.395 e. The molecule has 0 bridgehead atoms. The number of alkyl halides is 1. The van der Waals surface area contributed by atoms with Gasteiger partial charge in [-0.15, -0.1) is 11.3 Å². The first-order chi connectivity index (χ1) is 27.1. The highest BCUT2D eigenvalue weighted by Gasteiger charge is 2.48. The summed E-state index contributed by atoms with van der Waals surface area (Å²) < 4.78 is 29.8. The first kappa shape index (κ1) is 37.9. The summed E-state index contributed by atoms with van der Waals surface area (Å²) in [5.74, 6) is -0.354. The standard InChI is InChI=1S/C39H41FN7O7PS/c1-23(44-55(52)54-28-8-3-2-4-9-28)39(51)53-34(40)24-11-14-32-25(17-24)18-33(56-32)36(48)43-30-10-5-7-27-12-13-31(47(27)37(30)49)38(50)46-20-26(21-46)29-19-41-22-42-35(29)45-15-6-16-45/h2-4,8-9,11,14,17-19,22-23,26-27,30-31,34H,5-7,10,12-13,15-16,20-21H2,1H3,(H,43,48)/t23-,27-,30-,31-,34-/m0/s1. The monoisotopic (exact) mass is 801 g/mol. The van der Waals surface area contributed by atoms with Gasteiger partial charge in [0.25, 0.3) is 12.3 Å². The molecule has 0 saturated carbocycles. The summed E-state index contributed by atoms with van der Waals surface area (Å²) in [5, 5.41) is 3.48. The van der Waals surface area contributed by atoms with Crippen molar-refractivity contribution in [3.63, 3.8) is 0 Å². The van der Waals surface area contributed by atoms with Crippen LogP contribution < -0.4 is 19.6 Å². The largest absolute Gasteiger partial charge is 0.575 e.